The molecule has 0 amide bonds. The van der Waals surface area contributed by atoms with Gasteiger partial charge >= 0.3 is 18.9 Å². The van der Waals surface area contributed by atoms with Crippen molar-refractivity contribution in [3.8, 4) is 0 Å². The van der Waals surface area contributed by atoms with Crippen LogP contribution in [0.1, 0.15) is 20.7 Å². The first-order valence-corrected chi connectivity index (χ1v) is 9.30. The second-order valence-electron chi connectivity index (χ2n) is 4.80. The summed E-state index contributed by atoms with van der Waals surface area (Å²) in [5, 5.41) is 21.1. The third kappa shape index (κ3) is 5.33. The lowest BCUT2D eigenvalue weighted by Crippen LogP contribution is -2.07. The Morgan fingerprint density at radius 3 is 1.33 bits per heavy atom. The topological polar surface area (TPSA) is 156 Å². The van der Waals surface area contributed by atoms with Crippen LogP contribution in [-0.2, 0) is 13.6 Å². The van der Waals surface area contributed by atoms with Gasteiger partial charge in [0, 0.05) is 35.5 Å². The second-order valence-corrected chi connectivity index (χ2v) is 7.26. The molecule has 0 fully saturated rings. The normalized spacial score (nSPS) is 10.7. The Balaban J connectivity index is 2.05. The van der Waals surface area contributed by atoms with Crippen molar-refractivity contribution in [1.29, 1.82) is 0 Å². The van der Waals surface area contributed by atoms with Crippen LogP contribution in [0.2, 0.25) is 0 Å². The van der Waals surface area contributed by atoms with Gasteiger partial charge in [0.1, 0.15) is 0 Å². The maximum Gasteiger partial charge on any atom is 0.535 e. The summed E-state index contributed by atoms with van der Waals surface area (Å²) >= 11 is 5.44. The van der Waals surface area contributed by atoms with E-state index in [0.717, 1.165) is 48.5 Å². The molecule has 0 bridgehead atoms. The summed E-state index contributed by atoms with van der Waals surface area (Å²) in [6, 6.07) is 8.20. The van der Waals surface area contributed by atoms with Crippen LogP contribution >= 0.6 is 18.2 Å². The van der Waals surface area contributed by atoms with Crippen LogP contribution in [0.3, 0.4) is 0 Å². The molecule has 11 nitrogen and oxygen atoms in total. The highest BCUT2D eigenvalue weighted by Gasteiger charge is 2.31. The summed E-state index contributed by atoms with van der Waals surface area (Å²) in [7, 11) is 0. The highest BCUT2D eigenvalue weighted by Crippen LogP contribution is 2.54. The van der Waals surface area contributed by atoms with Gasteiger partial charge in [-0.15, -0.1) is 0 Å². The number of carbonyl (C=O) groups is 2. The van der Waals surface area contributed by atoms with Crippen LogP contribution in [0.5, 0.6) is 0 Å². The highest BCUT2D eigenvalue weighted by atomic mass is 35.7. The van der Waals surface area contributed by atoms with Crippen LogP contribution in [0.4, 0.5) is 11.4 Å². The zero-order valence-electron chi connectivity index (χ0n) is 13.0. The number of halogens is 1. The predicted molar refractivity (Wildman–Crippen MR) is 90.5 cm³/mol. The predicted octanol–water partition coefficient (Wildman–Crippen LogP) is 3.86. The quantitative estimate of drug-likeness (QED) is 0.388. The van der Waals surface area contributed by atoms with Crippen LogP contribution in [0.25, 0.3) is 0 Å². The second kappa shape index (κ2) is 7.94. The molecular weight excluding hydrogens is 407 g/mol. The molecule has 140 valence electrons. The van der Waals surface area contributed by atoms with Gasteiger partial charge in [-0.2, -0.15) is 0 Å². The molecule has 2 aromatic carbocycles. The van der Waals surface area contributed by atoms with E-state index >= 15 is 0 Å². The maximum atomic E-state index is 12.0. The minimum absolute atomic E-state index is 0.215. The van der Waals surface area contributed by atoms with Crippen molar-refractivity contribution in [2.75, 3.05) is 0 Å². The summed E-state index contributed by atoms with van der Waals surface area (Å²) < 4.78 is 20.9. The van der Waals surface area contributed by atoms with Crippen molar-refractivity contribution in [2.45, 2.75) is 0 Å². The summed E-state index contributed by atoms with van der Waals surface area (Å²) in [5.41, 5.74) is -1.00. The monoisotopic (exact) mass is 414 g/mol. The molecule has 0 aliphatic heterocycles. The fraction of sp³-hybridized carbons (Fsp3) is 0. The zero-order valence-corrected chi connectivity index (χ0v) is 14.7. The Morgan fingerprint density at radius 1 is 0.778 bits per heavy atom. The van der Waals surface area contributed by atoms with Crippen molar-refractivity contribution in [3.63, 3.8) is 0 Å². The number of hydrogen-bond donors (Lipinski definition) is 0. The molecule has 0 aromatic heterocycles. The summed E-state index contributed by atoms with van der Waals surface area (Å²) in [6.07, 6.45) is 0. The molecule has 0 atom stereocenters. The lowest BCUT2D eigenvalue weighted by atomic mass is 10.2. The van der Waals surface area contributed by atoms with E-state index in [4.69, 9.17) is 11.2 Å². The number of nitrogens with zero attached hydrogens (tertiary/aromatic N) is 2. The van der Waals surface area contributed by atoms with E-state index < -0.39 is 28.7 Å². The maximum absolute atomic E-state index is 12.0. The van der Waals surface area contributed by atoms with Crippen molar-refractivity contribution >= 4 is 41.5 Å². The third-order valence-corrected chi connectivity index (χ3v) is 4.19. The van der Waals surface area contributed by atoms with E-state index in [0.29, 0.717) is 0 Å². The van der Waals surface area contributed by atoms with Gasteiger partial charge in [0.05, 0.1) is 21.0 Å². The van der Waals surface area contributed by atoms with Crippen molar-refractivity contribution < 1.29 is 33.0 Å². The van der Waals surface area contributed by atoms with Crippen LogP contribution in [0.15, 0.2) is 48.5 Å². The number of nitro groups is 2. The van der Waals surface area contributed by atoms with Gasteiger partial charge in [0.15, 0.2) is 0 Å². The molecule has 0 aliphatic carbocycles. The SMILES string of the molecule is O=C(OP(=O)(Cl)OC(=O)c1ccc([N+](=O)[O-])cc1)c1ccc([N+](=O)[O-])cc1. The molecule has 2 aromatic rings. The molecule has 0 saturated heterocycles. The van der Waals surface area contributed by atoms with Crippen LogP contribution in [0, 0.1) is 20.2 Å². The number of hydrogen-bond acceptors (Lipinski definition) is 9. The minimum Gasteiger partial charge on any atom is -0.367 e. The van der Waals surface area contributed by atoms with E-state index in [2.05, 4.69) is 9.05 Å². The lowest BCUT2D eigenvalue weighted by molar-refractivity contribution is -0.385. The standard InChI is InChI=1S/C14H8ClN2O9P/c15-27(24,25-13(18)9-1-5-11(6-2-9)16(20)21)26-14(19)10-3-7-12(8-4-10)17(22)23/h1-8H. The molecule has 2 rings (SSSR count). The van der Waals surface area contributed by atoms with Gasteiger partial charge in [-0.25, -0.2) is 14.2 Å². The number of rotatable bonds is 6. The molecule has 0 radical (unpaired) electrons. The molecular formula is C14H8ClN2O9P. The Morgan fingerprint density at radius 2 is 1.07 bits per heavy atom. The number of nitro benzene ring substituents is 2. The van der Waals surface area contributed by atoms with Crippen molar-refractivity contribution in [1.82, 2.24) is 0 Å². The molecule has 0 N–H and O–H groups in total. The van der Waals surface area contributed by atoms with E-state index in [-0.39, 0.29) is 22.5 Å². The first-order chi connectivity index (χ1) is 12.6. The summed E-state index contributed by atoms with van der Waals surface area (Å²) in [6.45, 7) is -4.69. The van der Waals surface area contributed by atoms with E-state index in [1.165, 1.54) is 0 Å². The fourth-order valence-corrected chi connectivity index (χ4v) is 2.78. The van der Waals surface area contributed by atoms with Crippen molar-refractivity contribution in [2.24, 2.45) is 0 Å². The van der Waals surface area contributed by atoms with Crippen LogP contribution in [-0.4, -0.2) is 21.8 Å². The van der Waals surface area contributed by atoms with Gasteiger partial charge in [0.2, 0.25) is 0 Å². The minimum atomic E-state index is -4.69. The molecule has 0 spiro atoms. The Labute approximate surface area is 155 Å². The average Bonchev–Trinajstić information content (AvgIpc) is 2.61. The van der Waals surface area contributed by atoms with Gasteiger partial charge in [0.25, 0.3) is 11.4 Å². The lowest BCUT2D eigenvalue weighted by Gasteiger charge is -2.11. The molecule has 27 heavy (non-hydrogen) atoms. The van der Waals surface area contributed by atoms with Gasteiger partial charge in [-0.05, 0) is 24.3 Å². The van der Waals surface area contributed by atoms with Crippen molar-refractivity contribution in [3.05, 3.63) is 79.9 Å². The Hall–Kier alpha value is -3.30. The largest absolute Gasteiger partial charge is 0.535 e. The first-order valence-electron chi connectivity index (χ1n) is 6.85. The van der Waals surface area contributed by atoms with E-state index in [9.17, 15) is 34.4 Å². The number of carbonyl (C=O) groups excluding carboxylic acids is 2. The van der Waals surface area contributed by atoms with Crippen LogP contribution < -0.4 is 0 Å². The first kappa shape index (κ1) is 20.0. The smallest absolute Gasteiger partial charge is 0.367 e. The molecule has 0 unspecified atom stereocenters. The zero-order chi connectivity index (χ0) is 20.2. The number of non-ortho nitro benzene ring substituents is 2. The molecule has 0 heterocycles. The molecule has 0 aliphatic rings. The van der Waals surface area contributed by atoms with E-state index in [1.807, 2.05) is 0 Å². The Kier molecular flexibility index (Phi) is 5.88. The third-order valence-electron chi connectivity index (χ3n) is 3.01. The summed E-state index contributed by atoms with van der Waals surface area (Å²) in [5.74, 6) is -2.47. The average molecular weight is 415 g/mol. The van der Waals surface area contributed by atoms with E-state index in [1.54, 1.807) is 0 Å². The molecule has 13 heteroatoms. The fourth-order valence-electron chi connectivity index (χ4n) is 1.76. The number of benzene rings is 2. The van der Waals surface area contributed by atoms with Gasteiger partial charge < -0.3 is 9.05 Å². The molecule has 0 saturated carbocycles. The van der Waals surface area contributed by atoms with Gasteiger partial charge in [-0.1, -0.05) is 0 Å². The highest BCUT2D eigenvalue weighted by molar-refractivity contribution is 7.82. The van der Waals surface area contributed by atoms with Gasteiger partial charge in [-0.3, -0.25) is 20.2 Å². The summed E-state index contributed by atoms with van der Waals surface area (Å²) in [4.78, 5) is 43.5. The Bertz CT molecular complexity index is 884.